The minimum atomic E-state index is -0.908. The Balaban J connectivity index is 1.88. The third-order valence-corrected chi connectivity index (χ3v) is 3.51. The molecule has 2 aromatic carbocycles. The number of rotatable bonds is 6. The molecule has 2 aromatic rings. The van der Waals surface area contributed by atoms with Gasteiger partial charge in [-0.2, -0.15) is 0 Å². The molecular weight excluding hydrogens is 282 g/mol. The number of aliphatic hydroxyl groups excluding tert-OH is 1. The summed E-state index contributed by atoms with van der Waals surface area (Å²) in [5, 5.41) is 41.7. The minimum absolute atomic E-state index is 0.00370. The van der Waals surface area contributed by atoms with Crippen molar-refractivity contribution in [1.29, 1.82) is 0 Å². The van der Waals surface area contributed by atoms with Crippen molar-refractivity contribution in [2.45, 2.75) is 25.5 Å². The standard InChI is InChI=1S/C17H21NO4/c1-11(8-12-2-4-13(19)5-3-12)18-10-17(22)15-9-14(20)6-7-16(15)21/h2-7,9,11,17-22H,8,10H2,1H3. The van der Waals surface area contributed by atoms with Gasteiger partial charge in [0.2, 0.25) is 0 Å². The molecule has 0 heterocycles. The number of hydrogen-bond acceptors (Lipinski definition) is 5. The number of aromatic hydroxyl groups is 3. The molecule has 0 amide bonds. The van der Waals surface area contributed by atoms with Gasteiger partial charge in [0.25, 0.3) is 0 Å². The largest absolute Gasteiger partial charge is 0.508 e. The Morgan fingerprint density at radius 1 is 0.955 bits per heavy atom. The van der Waals surface area contributed by atoms with Gasteiger partial charge >= 0.3 is 0 Å². The summed E-state index contributed by atoms with van der Waals surface area (Å²) in [6, 6.07) is 11.2. The molecule has 5 nitrogen and oxygen atoms in total. The Bertz CT molecular complexity index is 613. The molecule has 22 heavy (non-hydrogen) atoms. The lowest BCUT2D eigenvalue weighted by Crippen LogP contribution is -2.32. The van der Waals surface area contributed by atoms with Crippen molar-refractivity contribution in [1.82, 2.24) is 5.32 Å². The predicted octanol–water partition coefficient (Wildman–Crippen LogP) is 2.06. The number of phenols is 3. The summed E-state index contributed by atoms with van der Waals surface area (Å²) in [6.07, 6.45) is -0.159. The second-order valence-corrected chi connectivity index (χ2v) is 5.44. The first-order valence-electron chi connectivity index (χ1n) is 7.17. The molecular formula is C17H21NO4. The van der Waals surface area contributed by atoms with Crippen LogP contribution in [0.5, 0.6) is 17.2 Å². The van der Waals surface area contributed by atoms with E-state index < -0.39 is 6.10 Å². The highest BCUT2D eigenvalue weighted by atomic mass is 16.3. The van der Waals surface area contributed by atoms with Crippen LogP contribution < -0.4 is 5.32 Å². The Hall–Kier alpha value is -2.24. The van der Waals surface area contributed by atoms with Crippen LogP contribution in [0.15, 0.2) is 42.5 Å². The quantitative estimate of drug-likeness (QED) is 0.527. The monoisotopic (exact) mass is 303 g/mol. The van der Waals surface area contributed by atoms with Crippen LogP contribution in [0, 0.1) is 0 Å². The second-order valence-electron chi connectivity index (χ2n) is 5.44. The van der Waals surface area contributed by atoms with Crippen molar-refractivity contribution >= 4 is 0 Å². The third kappa shape index (κ3) is 4.38. The molecule has 2 atom stereocenters. The minimum Gasteiger partial charge on any atom is -0.508 e. The van der Waals surface area contributed by atoms with Gasteiger partial charge in [0, 0.05) is 18.2 Å². The summed E-state index contributed by atoms with van der Waals surface area (Å²) in [5.74, 6) is 0.196. The molecule has 0 aromatic heterocycles. The van der Waals surface area contributed by atoms with Crippen molar-refractivity contribution in [3.05, 3.63) is 53.6 Å². The van der Waals surface area contributed by atoms with Gasteiger partial charge < -0.3 is 25.7 Å². The van der Waals surface area contributed by atoms with Crippen LogP contribution in [0.4, 0.5) is 0 Å². The number of benzene rings is 2. The van der Waals surface area contributed by atoms with E-state index in [1.807, 2.05) is 19.1 Å². The number of phenolic OH excluding ortho intramolecular Hbond substituents is 3. The molecule has 118 valence electrons. The van der Waals surface area contributed by atoms with Crippen LogP contribution in [0.3, 0.4) is 0 Å². The molecule has 0 aliphatic carbocycles. The molecule has 0 saturated heterocycles. The van der Waals surface area contributed by atoms with E-state index in [-0.39, 0.29) is 29.8 Å². The molecule has 0 bridgehead atoms. The number of hydrogen-bond donors (Lipinski definition) is 5. The lowest BCUT2D eigenvalue weighted by atomic mass is 10.1. The number of nitrogens with one attached hydrogen (secondary N) is 1. The van der Waals surface area contributed by atoms with Gasteiger partial charge in [0.05, 0.1) is 6.10 Å². The van der Waals surface area contributed by atoms with Crippen molar-refractivity contribution < 1.29 is 20.4 Å². The van der Waals surface area contributed by atoms with Gasteiger partial charge in [-0.1, -0.05) is 12.1 Å². The first-order valence-corrected chi connectivity index (χ1v) is 7.17. The van der Waals surface area contributed by atoms with Gasteiger partial charge in [0.1, 0.15) is 17.2 Å². The van der Waals surface area contributed by atoms with Crippen LogP contribution in [0.2, 0.25) is 0 Å². The fourth-order valence-electron chi connectivity index (χ4n) is 2.29. The van der Waals surface area contributed by atoms with E-state index in [4.69, 9.17) is 0 Å². The highest BCUT2D eigenvalue weighted by Gasteiger charge is 2.14. The molecule has 0 radical (unpaired) electrons. The smallest absolute Gasteiger partial charge is 0.121 e. The van der Waals surface area contributed by atoms with E-state index in [2.05, 4.69) is 5.32 Å². The van der Waals surface area contributed by atoms with Crippen molar-refractivity contribution in [3.63, 3.8) is 0 Å². The van der Waals surface area contributed by atoms with E-state index in [0.29, 0.717) is 5.56 Å². The SMILES string of the molecule is CC(Cc1ccc(O)cc1)NCC(O)c1cc(O)ccc1O. The maximum absolute atomic E-state index is 10.1. The maximum Gasteiger partial charge on any atom is 0.121 e. The zero-order chi connectivity index (χ0) is 16.1. The van der Waals surface area contributed by atoms with Crippen LogP contribution in [-0.4, -0.2) is 33.0 Å². The summed E-state index contributed by atoms with van der Waals surface area (Å²) in [5.41, 5.74) is 1.37. The fraction of sp³-hybridized carbons (Fsp3) is 0.294. The van der Waals surface area contributed by atoms with Crippen LogP contribution in [-0.2, 0) is 6.42 Å². The molecule has 0 aliphatic rings. The molecule has 2 rings (SSSR count). The molecule has 2 unspecified atom stereocenters. The van der Waals surface area contributed by atoms with Crippen LogP contribution in [0.1, 0.15) is 24.2 Å². The Morgan fingerprint density at radius 2 is 1.59 bits per heavy atom. The zero-order valence-corrected chi connectivity index (χ0v) is 12.4. The van der Waals surface area contributed by atoms with E-state index in [0.717, 1.165) is 12.0 Å². The highest BCUT2D eigenvalue weighted by Crippen LogP contribution is 2.27. The topological polar surface area (TPSA) is 93.0 Å². The summed E-state index contributed by atoms with van der Waals surface area (Å²) in [6.45, 7) is 2.25. The van der Waals surface area contributed by atoms with Gasteiger partial charge in [0.15, 0.2) is 0 Å². The first-order chi connectivity index (χ1) is 10.5. The molecule has 0 saturated carbocycles. The lowest BCUT2D eigenvalue weighted by Gasteiger charge is -2.18. The van der Waals surface area contributed by atoms with Gasteiger partial charge in [-0.3, -0.25) is 0 Å². The van der Waals surface area contributed by atoms with Gasteiger partial charge in [-0.05, 0) is 49.2 Å². The van der Waals surface area contributed by atoms with Gasteiger partial charge in [-0.15, -0.1) is 0 Å². The molecule has 5 heteroatoms. The summed E-state index contributed by atoms with van der Waals surface area (Å²) in [7, 11) is 0. The van der Waals surface area contributed by atoms with Crippen LogP contribution >= 0.6 is 0 Å². The molecule has 0 aliphatic heterocycles. The summed E-state index contributed by atoms with van der Waals surface area (Å²) >= 11 is 0. The summed E-state index contributed by atoms with van der Waals surface area (Å²) < 4.78 is 0. The lowest BCUT2D eigenvalue weighted by molar-refractivity contribution is 0.166. The fourth-order valence-corrected chi connectivity index (χ4v) is 2.29. The molecule has 5 N–H and O–H groups in total. The van der Waals surface area contributed by atoms with Crippen molar-refractivity contribution in [2.24, 2.45) is 0 Å². The Morgan fingerprint density at radius 3 is 2.27 bits per heavy atom. The van der Waals surface area contributed by atoms with E-state index >= 15 is 0 Å². The normalized spacial score (nSPS) is 13.7. The average Bonchev–Trinajstić information content (AvgIpc) is 2.49. The molecule has 0 fully saturated rings. The van der Waals surface area contributed by atoms with E-state index in [9.17, 15) is 20.4 Å². The first kappa shape index (κ1) is 16.1. The van der Waals surface area contributed by atoms with Gasteiger partial charge in [-0.25, -0.2) is 0 Å². The van der Waals surface area contributed by atoms with Crippen LogP contribution in [0.25, 0.3) is 0 Å². The second kappa shape index (κ2) is 7.15. The predicted molar refractivity (Wildman–Crippen MR) is 84.0 cm³/mol. The Kier molecular flexibility index (Phi) is 5.25. The third-order valence-electron chi connectivity index (χ3n) is 3.51. The van der Waals surface area contributed by atoms with Crippen molar-refractivity contribution in [2.75, 3.05) is 6.54 Å². The molecule has 0 spiro atoms. The van der Waals surface area contributed by atoms with E-state index in [1.54, 1.807) is 12.1 Å². The number of aliphatic hydroxyl groups is 1. The van der Waals surface area contributed by atoms with Crippen molar-refractivity contribution in [3.8, 4) is 17.2 Å². The average molecular weight is 303 g/mol. The summed E-state index contributed by atoms with van der Waals surface area (Å²) in [4.78, 5) is 0. The highest BCUT2D eigenvalue weighted by molar-refractivity contribution is 5.40. The van der Waals surface area contributed by atoms with E-state index in [1.165, 1.54) is 18.2 Å². The zero-order valence-electron chi connectivity index (χ0n) is 12.4. The Labute approximate surface area is 129 Å². The maximum atomic E-state index is 10.1.